The molecule has 0 aliphatic heterocycles. The quantitative estimate of drug-likeness (QED) is 0.214. The van der Waals surface area contributed by atoms with E-state index in [1.54, 1.807) is 24.4 Å². The van der Waals surface area contributed by atoms with Crippen molar-refractivity contribution in [3.8, 4) is 0 Å². The van der Waals surface area contributed by atoms with Crippen molar-refractivity contribution in [2.24, 2.45) is 5.10 Å². The second-order valence-electron chi connectivity index (χ2n) is 5.54. The van der Waals surface area contributed by atoms with E-state index in [1.807, 2.05) is 31.2 Å². The second kappa shape index (κ2) is 9.33. The molecule has 1 aromatic carbocycles. The zero-order chi connectivity index (χ0) is 19.9. The fraction of sp³-hybridized carbons (Fsp3) is 0.118. The molecule has 9 nitrogen and oxygen atoms in total. The van der Waals surface area contributed by atoms with Crippen molar-refractivity contribution in [3.05, 3.63) is 58.7 Å². The highest BCUT2D eigenvalue weighted by molar-refractivity contribution is 9.10. The molecule has 0 aliphatic rings. The van der Waals surface area contributed by atoms with Crippen LogP contribution in [-0.2, 0) is 4.79 Å². The molecule has 0 unspecified atom stereocenters. The number of hydrogen-bond acceptors (Lipinski definition) is 8. The maximum atomic E-state index is 12.0. The third-order valence-electron chi connectivity index (χ3n) is 3.51. The average Bonchev–Trinajstić information content (AvgIpc) is 3.05. The van der Waals surface area contributed by atoms with Gasteiger partial charge in [0.05, 0.1) is 11.5 Å². The smallest absolute Gasteiger partial charge is 0.264 e. The molecule has 0 fully saturated rings. The lowest BCUT2D eigenvalue weighted by atomic mass is 10.1. The molecule has 144 valence electrons. The Balaban J connectivity index is 1.56. The predicted octanol–water partition coefficient (Wildman–Crippen LogP) is 2.72. The minimum absolute atomic E-state index is 0.118. The third-order valence-corrected chi connectivity index (χ3v) is 4.99. The monoisotopic (exact) mass is 460 g/mol. The molecule has 0 aliphatic carbocycles. The molecule has 2 heterocycles. The first-order valence-electron chi connectivity index (χ1n) is 8.13. The number of thioether (sulfide) groups is 1. The Kier molecular flexibility index (Phi) is 6.61. The van der Waals surface area contributed by atoms with E-state index in [0.717, 1.165) is 27.5 Å². The van der Waals surface area contributed by atoms with Gasteiger partial charge in [0, 0.05) is 10.7 Å². The van der Waals surface area contributed by atoms with Gasteiger partial charge >= 0.3 is 0 Å². The molecule has 0 atom stereocenters. The van der Waals surface area contributed by atoms with Crippen molar-refractivity contribution in [3.63, 3.8) is 0 Å². The number of nitrogens with zero attached hydrogens (tertiary/aromatic N) is 5. The molecule has 11 heteroatoms. The predicted molar refractivity (Wildman–Crippen MR) is 114 cm³/mol. The van der Waals surface area contributed by atoms with Gasteiger partial charge in [-0.1, -0.05) is 45.9 Å². The summed E-state index contributed by atoms with van der Waals surface area (Å²) in [5, 5.41) is 15.3. The molecule has 0 spiro atoms. The Hall–Kier alpha value is -2.92. The first-order chi connectivity index (χ1) is 13.5. The number of anilines is 2. The summed E-state index contributed by atoms with van der Waals surface area (Å²) in [6.45, 7) is 1.87. The Morgan fingerprint density at radius 1 is 1.25 bits per heavy atom. The molecule has 1 amide bonds. The lowest BCUT2D eigenvalue weighted by Crippen LogP contribution is -2.17. The zero-order valence-corrected chi connectivity index (χ0v) is 17.2. The van der Waals surface area contributed by atoms with Crippen LogP contribution in [0.15, 0.2) is 63.4 Å². The zero-order valence-electron chi connectivity index (χ0n) is 14.8. The maximum Gasteiger partial charge on any atom is 0.264 e. The summed E-state index contributed by atoms with van der Waals surface area (Å²) < 4.78 is 2.24. The van der Waals surface area contributed by atoms with Crippen LogP contribution in [0.4, 0.5) is 11.8 Å². The van der Waals surface area contributed by atoms with Crippen molar-refractivity contribution in [2.45, 2.75) is 12.1 Å². The van der Waals surface area contributed by atoms with E-state index in [4.69, 9.17) is 5.84 Å². The number of amides is 1. The molecular weight excluding hydrogens is 444 g/mol. The van der Waals surface area contributed by atoms with Crippen molar-refractivity contribution in [2.75, 3.05) is 22.3 Å². The molecule has 3 aromatic rings. The summed E-state index contributed by atoms with van der Waals surface area (Å²) in [5.74, 6) is 6.63. The minimum atomic E-state index is -0.217. The minimum Gasteiger partial charge on any atom is -0.334 e. The standard InChI is InChI=1S/C17H17BrN8OS/c1-11(12-5-7-13(18)8-6-12)22-23-16-24-25-17(26(16)19)28-10-15(27)21-14-4-2-3-9-20-14/h2-9H,10,19H2,1H3,(H,23,24)(H,20,21,27)/b22-11+. The van der Waals surface area contributed by atoms with Crippen LogP contribution in [0.5, 0.6) is 0 Å². The van der Waals surface area contributed by atoms with Crippen molar-refractivity contribution in [1.29, 1.82) is 0 Å². The van der Waals surface area contributed by atoms with Crippen LogP contribution in [-0.4, -0.2) is 37.2 Å². The normalized spacial score (nSPS) is 11.3. The number of hydrogen-bond donors (Lipinski definition) is 3. The summed E-state index contributed by atoms with van der Waals surface area (Å²) in [4.78, 5) is 16.0. The Morgan fingerprint density at radius 3 is 2.75 bits per heavy atom. The van der Waals surface area contributed by atoms with Crippen molar-refractivity contribution < 1.29 is 4.79 Å². The highest BCUT2D eigenvalue weighted by atomic mass is 79.9. The summed E-state index contributed by atoms with van der Waals surface area (Å²) in [6.07, 6.45) is 1.61. The van der Waals surface area contributed by atoms with Crippen LogP contribution in [0.2, 0.25) is 0 Å². The summed E-state index contributed by atoms with van der Waals surface area (Å²) in [6, 6.07) is 13.0. The van der Waals surface area contributed by atoms with E-state index in [2.05, 4.69) is 47.0 Å². The Bertz CT molecular complexity index is 975. The first kappa shape index (κ1) is 19.8. The van der Waals surface area contributed by atoms with Crippen LogP contribution in [0.1, 0.15) is 12.5 Å². The first-order valence-corrected chi connectivity index (χ1v) is 9.91. The van der Waals surface area contributed by atoms with Crippen LogP contribution < -0.4 is 16.6 Å². The van der Waals surface area contributed by atoms with E-state index in [-0.39, 0.29) is 17.6 Å². The third kappa shape index (κ3) is 5.30. The number of nitrogen functional groups attached to an aromatic ring is 1. The van der Waals surface area contributed by atoms with Crippen molar-refractivity contribution in [1.82, 2.24) is 19.9 Å². The van der Waals surface area contributed by atoms with Crippen LogP contribution >= 0.6 is 27.7 Å². The molecule has 2 aromatic heterocycles. The second-order valence-corrected chi connectivity index (χ2v) is 7.40. The van der Waals surface area contributed by atoms with Crippen molar-refractivity contribution >= 4 is 51.1 Å². The molecule has 0 saturated carbocycles. The summed E-state index contributed by atoms with van der Waals surface area (Å²) in [5.41, 5.74) is 4.51. The van der Waals surface area contributed by atoms with Gasteiger partial charge in [0.15, 0.2) is 0 Å². The van der Waals surface area contributed by atoms with E-state index in [0.29, 0.717) is 11.0 Å². The lowest BCUT2D eigenvalue weighted by molar-refractivity contribution is -0.113. The number of aromatic nitrogens is 4. The number of rotatable bonds is 7. The number of pyridine rings is 1. The summed E-state index contributed by atoms with van der Waals surface area (Å²) >= 11 is 4.56. The van der Waals surface area contributed by atoms with Gasteiger partial charge in [-0.25, -0.2) is 15.1 Å². The molecule has 3 rings (SSSR count). The van der Waals surface area contributed by atoms with Gasteiger partial charge in [-0.3, -0.25) is 4.79 Å². The van der Waals surface area contributed by atoms with Gasteiger partial charge < -0.3 is 11.2 Å². The van der Waals surface area contributed by atoms with Gasteiger partial charge in [-0.05, 0) is 36.8 Å². The fourth-order valence-electron chi connectivity index (χ4n) is 2.09. The largest absolute Gasteiger partial charge is 0.334 e. The van der Waals surface area contributed by atoms with E-state index in [1.165, 1.54) is 4.68 Å². The fourth-order valence-corrected chi connectivity index (χ4v) is 3.01. The number of halogens is 1. The number of carbonyl (C=O) groups is 1. The molecule has 28 heavy (non-hydrogen) atoms. The Labute approximate surface area is 173 Å². The molecule has 0 saturated heterocycles. The highest BCUT2D eigenvalue weighted by Crippen LogP contribution is 2.17. The topological polar surface area (TPSA) is 123 Å². The number of nitrogens with one attached hydrogen (secondary N) is 2. The number of hydrazone groups is 1. The molecular formula is C17H17BrN8OS. The van der Waals surface area contributed by atoms with Crippen LogP contribution in [0, 0.1) is 0 Å². The lowest BCUT2D eigenvalue weighted by Gasteiger charge is -2.05. The maximum absolute atomic E-state index is 12.0. The molecule has 4 N–H and O–H groups in total. The van der Waals surface area contributed by atoms with E-state index >= 15 is 0 Å². The molecule has 0 radical (unpaired) electrons. The highest BCUT2D eigenvalue weighted by Gasteiger charge is 2.12. The van der Waals surface area contributed by atoms with Gasteiger partial charge in [0.25, 0.3) is 5.95 Å². The van der Waals surface area contributed by atoms with Gasteiger partial charge in [-0.2, -0.15) is 5.10 Å². The van der Waals surface area contributed by atoms with Gasteiger partial charge in [0.2, 0.25) is 11.1 Å². The average molecular weight is 461 g/mol. The number of nitrogens with two attached hydrogens (primary N) is 1. The van der Waals surface area contributed by atoms with Gasteiger partial charge in [-0.15, -0.1) is 10.2 Å². The Morgan fingerprint density at radius 2 is 2.04 bits per heavy atom. The molecule has 0 bridgehead atoms. The SMILES string of the molecule is C/C(=N\Nc1nnc(SCC(=O)Nc2ccccn2)n1N)c1ccc(Br)cc1. The number of carbonyl (C=O) groups excluding carboxylic acids is 1. The van der Waals surface area contributed by atoms with E-state index < -0.39 is 0 Å². The van der Waals surface area contributed by atoms with E-state index in [9.17, 15) is 4.79 Å². The summed E-state index contributed by atoms with van der Waals surface area (Å²) in [7, 11) is 0. The number of benzene rings is 1. The van der Waals surface area contributed by atoms with Crippen LogP contribution in [0.25, 0.3) is 0 Å². The van der Waals surface area contributed by atoms with Crippen LogP contribution in [0.3, 0.4) is 0 Å². The van der Waals surface area contributed by atoms with Gasteiger partial charge in [0.1, 0.15) is 5.82 Å².